The van der Waals surface area contributed by atoms with E-state index < -0.39 is 33.5 Å². The molecule has 1 aliphatic carbocycles. The Bertz CT molecular complexity index is 1410. The summed E-state index contributed by atoms with van der Waals surface area (Å²) in [5, 5.41) is 13.2. The lowest BCUT2D eigenvalue weighted by Gasteiger charge is -2.16. The third kappa shape index (κ3) is 6.12. The van der Waals surface area contributed by atoms with E-state index in [9.17, 15) is 23.1 Å². The Morgan fingerprint density at radius 2 is 1.68 bits per heavy atom. The fourth-order valence-corrected chi connectivity index (χ4v) is 5.59. The number of aliphatic carboxylic acids is 1. The smallest absolute Gasteiger partial charge is 0.411 e. The van der Waals surface area contributed by atoms with Gasteiger partial charge in [-0.15, -0.1) is 0 Å². The number of amides is 1. The van der Waals surface area contributed by atoms with E-state index in [4.69, 9.17) is 16.3 Å². The molecule has 3 aromatic carbocycles. The Balaban J connectivity index is 1.50. The summed E-state index contributed by atoms with van der Waals surface area (Å²) in [7, 11) is -4.13. The van der Waals surface area contributed by atoms with Crippen LogP contribution in [0.1, 0.15) is 31.7 Å². The first-order valence-electron chi connectivity index (χ1n) is 11.7. The van der Waals surface area contributed by atoms with Crippen molar-refractivity contribution >= 4 is 39.4 Å². The van der Waals surface area contributed by atoms with Crippen LogP contribution in [0.25, 0.3) is 11.1 Å². The topological polar surface area (TPSA) is 122 Å². The SMILES string of the molecule is CC(C)COC(=O)Nc1cccc(C2CC2(NS(=O)(=O)c2ccc(-c3ccc(Cl)cc3)cc2)C(=O)O)c1. The first-order chi connectivity index (χ1) is 17.5. The molecule has 37 heavy (non-hydrogen) atoms. The van der Waals surface area contributed by atoms with Crippen molar-refractivity contribution in [2.45, 2.75) is 36.6 Å². The fraction of sp³-hybridized carbons (Fsp3) is 0.259. The van der Waals surface area contributed by atoms with Gasteiger partial charge in [-0.2, -0.15) is 4.72 Å². The van der Waals surface area contributed by atoms with Crippen molar-refractivity contribution in [2.24, 2.45) is 5.92 Å². The number of carbonyl (C=O) groups excluding carboxylic acids is 1. The molecule has 0 aliphatic heterocycles. The molecule has 4 rings (SSSR count). The first-order valence-corrected chi connectivity index (χ1v) is 13.5. The summed E-state index contributed by atoms with van der Waals surface area (Å²) < 4.78 is 33.8. The molecule has 2 atom stereocenters. The lowest BCUT2D eigenvalue weighted by Crippen LogP contribution is -2.44. The quantitative estimate of drug-likeness (QED) is 0.328. The van der Waals surface area contributed by atoms with Crippen LogP contribution < -0.4 is 10.0 Å². The van der Waals surface area contributed by atoms with Crippen molar-refractivity contribution in [3.63, 3.8) is 0 Å². The van der Waals surface area contributed by atoms with E-state index >= 15 is 0 Å². The third-order valence-corrected chi connectivity index (χ3v) is 7.86. The van der Waals surface area contributed by atoms with Crippen LogP contribution in [0.3, 0.4) is 0 Å². The van der Waals surface area contributed by atoms with Gasteiger partial charge < -0.3 is 9.84 Å². The molecule has 3 N–H and O–H groups in total. The number of carbonyl (C=O) groups is 2. The maximum Gasteiger partial charge on any atom is 0.411 e. The Labute approximate surface area is 220 Å². The van der Waals surface area contributed by atoms with Gasteiger partial charge in [0, 0.05) is 16.6 Å². The van der Waals surface area contributed by atoms with Crippen LogP contribution in [-0.2, 0) is 19.6 Å². The average molecular weight is 543 g/mol. The molecule has 3 aromatic rings. The van der Waals surface area contributed by atoms with Crippen LogP contribution >= 0.6 is 11.6 Å². The van der Waals surface area contributed by atoms with Crippen LogP contribution in [-0.4, -0.2) is 37.7 Å². The van der Waals surface area contributed by atoms with Crippen LogP contribution in [0, 0.1) is 5.92 Å². The molecule has 0 aromatic heterocycles. The number of ether oxygens (including phenoxy) is 1. The summed E-state index contributed by atoms with van der Waals surface area (Å²) in [5.74, 6) is -1.70. The van der Waals surface area contributed by atoms with Gasteiger partial charge in [0.25, 0.3) is 0 Å². The molecule has 0 spiro atoms. The van der Waals surface area contributed by atoms with E-state index in [0.717, 1.165) is 11.1 Å². The molecule has 8 nitrogen and oxygen atoms in total. The number of benzene rings is 3. The summed E-state index contributed by atoms with van der Waals surface area (Å²) in [6, 6.07) is 20.0. The number of hydrogen-bond acceptors (Lipinski definition) is 5. The molecular formula is C27H27ClN2O6S. The van der Waals surface area contributed by atoms with E-state index in [1.165, 1.54) is 12.1 Å². The first kappa shape index (κ1) is 26.7. The highest BCUT2D eigenvalue weighted by atomic mass is 35.5. The van der Waals surface area contributed by atoms with Crippen molar-refractivity contribution in [3.05, 3.63) is 83.4 Å². The van der Waals surface area contributed by atoms with Crippen LogP contribution in [0.4, 0.5) is 10.5 Å². The van der Waals surface area contributed by atoms with E-state index in [1.54, 1.807) is 48.5 Å². The fourth-order valence-electron chi connectivity index (χ4n) is 4.06. The zero-order valence-corrected chi connectivity index (χ0v) is 21.8. The monoisotopic (exact) mass is 542 g/mol. The Morgan fingerprint density at radius 1 is 1.05 bits per heavy atom. The summed E-state index contributed by atoms with van der Waals surface area (Å²) in [4.78, 5) is 24.2. The lowest BCUT2D eigenvalue weighted by atomic mass is 10.1. The number of nitrogens with one attached hydrogen (secondary N) is 2. The second kappa shape index (κ2) is 10.5. The highest BCUT2D eigenvalue weighted by Crippen LogP contribution is 2.52. The standard InChI is InChI=1S/C27H27ClN2O6S/c1-17(2)16-36-26(33)29-22-5-3-4-20(14-22)24-15-27(24,25(31)32)30-37(34,35)23-12-8-19(9-13-23)18-6-10-21(28)11-7-18/h3-14,17,24,30H,15-16H2,1-2H3,(H,29,33)(H,31,32). The minimum Gasteiger partial charge on any atom is -0.480 e. The zero-order valence-electron chi connectivity index (χ0n) is 20.3. The highest BCUT2D eigenvalue weighted by molar-refractivity contribution is 7.89. The van der Waals surface area contributed by atoms with Crippen molar-refractivity contribution in [1.29, 1.82) is 0 Å². The van der Waals surface area contributed by atoms with E-state index in [2.05, 4.69) is 10.0 Å². The molecule has 10 heteroatoms. The van der Waals surface area contributed by atoms with Gasteiger partial charge in [0.1, 0.15) is 5.54 Å². The maximum atomic E-state index is 13.1. The van der Waals surface area contributed by atoms with E-state index in [-0.39, 0.29) is 23.8 Å². The van der Waals surface area contributed by atoms with Gasteiger partial charge in [-0.05, 0) is 65.4 Å². The van der Waals surface area contributed by atoms with Gasteiger partial charge in [-0.25, -0.2) is 13.2 Å². The molecule has 0 bridgehead atoms. The molecular weight excluding hydrogens is 516 g/mol. The Hall–Kier alpha value is -3.40. The molecule has 1 amide bonds. The van der Waals surface area contributed by atoms with Gasteiger partial charge >= 0.3 is 12.1 Å². The van der Waals surface area contributed by atoms with Crippen molar-refractivity contribution in [1.82, 2.24) is 4.72 Å². The molecule has 0 heterocycles. The zero-order chi connectivity index (χ0) is 26.8. The van der Waals surface area contributed by atoms with Crippen molar-refractivity contribution in [2.75, 3.05) is 11.9 Å². The number of sulfonamides is 1. The molecule has 2 unspecified atom stereocenters. The molecule has 1 aliphatic rings. The normalized spacial score (nSPS) is 18.9. The third-order valence-electron chi connectivity index (χ3n) is 6.08. The van der Waals surface area contributed by atoms with Crippen LogP contribution in [0.15, 0.2) is 77.7 Å². The van der Waals surface area contributed by atoms with Gasteiger partial charge in [0.15, 0.2) is 0 Å². The molecule has 1 fully saturated rings. The summed E-state index contributed by atoms with van der Waals surface area (Å²) in [6.07, 6.45) is -0.542. The largest absolute Gasteiger partial charge is 0.480 e. The number of hydrogen-bond donors (Lipinski definition) is 3. The summed E-state index contributed by atoms with van der Waals surface area (Å²) in [5.41, 5.74) is 0.990. The highest BCUT2D eigenvalue weighted by Gasteiger charge is 2.63. The van der Waals surface area contributed by atoms with Crippen molar-refractivity contribution < 1.29 is 27.9 Å². The molecule has 0 saturated heterocycles. The minimum atomic E-state index is -4.13. The second-order valence-corrected chi connectivity index (χ2v) is 11.5. The van der Waals surface area contributed by atoms with Crippen molar-refractivity contribution in [3.8, 4) is 11.1 Å². The predicted molar refractivity (Wildman–Crippen MR) is 141 cm³/mol. The number of carboxylic acids is 1. The number of anilines is 1. The van der Waals surface area contributed by atoms with E-state index in [1.807, 2.05) is 26.0 Å². The Kier molecular flexibility index (Phi) is 7.59. The number of halogens is 1. The molecule has 0 radical (unpaired) electrons. The Morgan fingerprint density at radius 3 is 2.27 bits per heavy atom. The van der Waals surface area contributed by atoms with Gasteiger partial charge in [0.05, 0.1) is 11.5 Å². The predicted octanol–water partition coefficient (Wildman–Crippen LogP) is 5.50. The van der Waals surface area contributed by atoms with Gasteiger partial charge in [0.2, 0.25) is 10.0 Å². The second-order valence-electron chi connectivity index (χ2n) is 9.41. The maximum absolute atomic E-state index is 13.1. The number of carboxylic acid groups (broad SMARTS) is 1. The number of rotatable bonds is 9. The summed E-state index contributed by atoms with van der Waals surface area (Å²) in [6.45, 7) is 4.10. The molecule has 1 saturated carbocycles. The van der Waals surface area contributed by atoms with E-state index in [0.29, 0.717) is 16.3 Å². The van der Waals surface area contributed by atoms with Crippen LogP contribution in [0.5, 0.6) is 0 Å². The van der Waals surface area contributed by atoms with Gasteiger partial charge in [-0.3, -0.25) is 10.1 Å². The average Bonchev–Trinajstić information content (AvgIpc) is 3.58. The summed E-state index contributed by atoms with van der Waals surface area (Å²) >= 11 is 5.93. The minimum absolute atomic E-state index is 0.0418. The molecule has 194 valence electrons. The lowest BCUT2D eigenvalue weighted by molar-refractivity contribution is -0.140. The van der Waals surface area contributed by atoms with Crippen LogP contribution in [0.2, 0.25) is 5.02 Å². The van der Waals surface area contributed by atoms with Gasteiger partial charge in [-0.1, -0.05) is 61.8 Å².